The van der Waals surface area contributed by atoms with E-state index in [0.717, 1.165) is 10.2 Å². The third-order valence-electron chi connectivity index (χ3n) is 3.99. The zero-order valence-electron chi connectivity index (χ0n) is 14.9. The lowest BCUT2D eigenvalue weighted by atomic mass is 10.1. The first-order valence-corrected chi connectivity index (χ1v) is 10.0. The molecule has 0 atom stereocenters. The minimum atomic E-state index is -0.596. The van der Waals surface area contributed by atoms with E-state index in [1.165, 1.54) is 29.5 Å². The fraction of sp³-hybridized carbons (Fsp3) is 0. The maximum Gasteiger partial charge on any atom is 0.293 e. The number of carbonyl (C=O) groups is 1. The topological polar surface area (TPSA) is 110 Å². The van der Waals surface area contributed by atoms with Crippen molar-refractivity contribution in [3.8, 4) is 11.3 Å². The van der Waals surface area contributed by atoms with E-state index in [-0.39, 0.29) is 27.9 Å². The largest absolute Gasteiger partial charge is 0.451 e. The van der Waals surface area contributed by atoms with Gasteiger partial charge in [0.25, 0.3) is 11.6 Å². The number of furan rings is 1. The summed E-state index contributed by atoms with van der Waals surface area (Å²) in [6.45, 7) is 0. The second-order valence-electron chi connectivity index (χ2n) is 5.98. The summed E-state index contributed by atoms with van der Waals surface area (Å²) in [6, 6.07) is 14.3. The summed E-state index contributed by atoms with van der Waals surface area (Å²) in [6.07, 6.45) is 0. The molecule has 0 saturated carbocycles. The van der Waals surface area contributed by atoms with Gasteiger partial charge in [0.15, 0.2) is 16.0 Å². The van der Waals surface area contributed by atoms with Crippen molar-refractivity contribution in [2.45, 2.75) is 0 Å². The van der Waals surface area contributed by atoms with Gasteiger partial charge in [0.1, 0.15) is 5.76 Å². The Labute approximate surface area is 183 Å². The Kier molecular flexibility index (Phi) is 5.44. The van der Waals surface area contributed by atoms with E-state index in [9.17, 15) is 14.9 Å². The molecule has 8 nitrogen and oxygen atoms in total. The van der Waals surface area contributed by atoms with Crippen LogP contribution in [0.1, 0.15) is 10.6 Å². The molecule has 4 aromatic rings. The van der Waals surface area contributed by atoms with E-state index in [2.05, 4.69) is 15.6 Å². The highest BCUT2D eigenvalue weighted by molar-refractivity contribution is 7.80. The Balaban J connectivity index is 1.46. The number of nitrogens with zero attached hydrogens (tertiary/aromatic N) is 2. The van der Waals surface area contributed by atoms with Gasteiger partial charge in [0.05, 0.1) is 20.7 Å². The molecule has 0 aliphatic carbocycles. The number of benzene rings is 2. The van der Waals surface area contributed by atoms with Crippen LogP contribution in [0.2, 0.25) is 5.02 Å². The van der Waals surface area contributed by atoms with Gasteiger partial charge in [-0.25, -0.2) is 4.98 Å². The van der Waals surface area contributed by atoms with Crippen molar-refractivity contribution in [1.29, 1.82) is 0 Å². The van der Waals surface area contributed by atoms with Crippen molar-refractivity contribution in [3.05, 3.63) is 75.5 Å². The van der Waals surface area contributed by atoms with Gasteiger partial charge in [-0.1, -0.05) is 35.1 Å². The average molecular weight is 459 g/mol. The molecule has 0 radical (unpaired) electrons. The van der Waals surface area contributed by atoms with Crippen molar-refractivity contribution < 1.29 is 14.1 Å². The average Bonchev–Trinajstić information content (AvgIpc) is 3.34. The summed E-state index contributed by atoms with van der Waals surface area (Å²) < 4.78 is 6.38. The first kappa shape index (κ1) is 20.0. The summed E-state index contributed by atoms with van der Waals surface area (Å²) in [7, 11) is 0. The molecule has 1 amide bonds. The number of thiazole rings is 1. The highest BCUT2D eigenvalue weighted by Crippen LogP contribution is 2.31. The number of halogens is 1. The molecule has 2 heterocycles. The van der Waals surface area contributed by atoms with Crippen molar-refractivity contribution >= 4 is 67.2 Å². The van der Waals surface area contributed by atoms with Gasteiger partial charge >= 0.3 is 0 Å². The van der Waals surface area contributed by atoms with Crippen molar-refractivity contribution in [2.24, 2.45) is 0 Å². The van der Waals surface area contributed by atoms with E-state index >= 15 is 0 Å². The highest BCUT2D eigenvalue weighted by Gasteiger charge is 2.20. The molecule has 150 valence electrons. The van der Waals surface area contributed by atoms with E-state index < -0.39 is 10.8 Å². The van der Waals surface area contributed by atoms with Crippen molar-refractivity contribution in [3.63, 3.8) is 0 Å². The fourth-order valence-electron chi connectivity index (χ4n) is 2.69. The molecule has 0 unspecified atom stereocenters. The summed E-state index contributed by atoms with van der Waals surface area (Å²) in [5, 5.41) is 17.7. The molecule has 2 aromatic carbocycles. The van der Waals surface area contributed by atoms with E-state index in [4.69, 9.17) is 28.2 Å². The number of nitro benzene ring substituents is 1. The Morgan fingerprint density at radius 2 is 2.00 bits per heavy atom. The Morgan fingerprint density at radius 1 is 1.20 bits per heavy atom. The van der Waals surface area contributed by atoms with Crippen molar-refractivity contribution in [2.75, 3.05) is 5.32 Å². The standard InChI is InChI=1S/C19H11ClN4O4S2/c20-10-5-6-12-16(9-10)30-19(21-12)23-18(29)22-17(25)15-8-7-14(28-15)11-3-1-2-4-13(11)24(26)27/h1-9H,(H2,21,22,23,25,29). The number of nitrogens with one attached hydrogen (secondary N) is 2. The molecule has 0 spiro atoms. The lowest BCUT2D eigenvalue weighted by Gasteiger charge is -2.05. The van der Waals surface area contributed by atoms with Gasteiger partial charge in [-0.05, 0) is 48.6 Å². The number of rotatable bonds is 4. The predicted octanol–water partition coefficient (Wildman–Crippen LogP) is 5.24. The highest BCUT2D eigenvalue weighted by atomic mass is 35.5. The summed E-state index contributed by atoms with van der Waals surface area (Å²) in [4.78, 5) is 27.5. The quantitative estimate of drug-likeness (QED) is 0.244. The van der Waals surface area contributed by atoms with Crippen molar-refractivity contribution in [1.82, 2.24) is 10.3 Å². The Hall–Kier alpha value is -3.34. The number of para-hydroxylation sites is 1. The zero-order chi connectivity index (χ0) is 21.3. The van der Waals surface area contributed by atoms with Crippen LogP contribution in [0.5, 0.6) is 0 Å². The third-order valence-corrected chi connectivity index (χ3v) is 5.37. The molecule has 0 aliphatic rings. The number of amides is 1. The van der Waals surface area contributed by atoms with Crippen LogP contribution in [0, 0.1) is 10.1 Å². The number of anilines is 1. The van der Waals surface area contributed by atoms with Gasteiger partial charge in [0, 0.05) is 11.1 Å². The molecular weight excluding hydrogens is 448 g/mol. The minimum absolute atomic E-state index is 0.0359. The SMILES string of the molecule is O=C(NC(=S)Nc1nc2ccc(Cl)cc2s1)c1ccc(-c2ccccc2[N+](=O)[O-])o1. The lowest BCUT2D eigenvalue weighted by Crippen LogP contribution is -2.33. The number of hydrogen-bond donors (Lipinski definition) is 2. The number of carbonyl (C=O) groups excluding carboxylic acids is 1. The predicted molar refractivity (Wildman–Crippen MR) is 119 cm³/mol. The molecule has 30 heavy (non-hydrogen) atoms. The zero-order valence-corrected chi connectivity index (χ0v) is 17.3. The van der Waals surface area contributed by atoms with Gasteiger partial charge in [0.2, 0.25) is 0 Å². The summed E-state index contributed by atoms with van der Waals surface area (Å²) in [5.41, 5.74) is 0.906. The number of nitro groups is 1. The molecule has 11 heteroatoms. The normalized spacial score (nSPS) is 10.7. The van der Waals surface area contributed by atoms with Gasteiger partial charge < -0.3 is 9.73 Å². The van der Waals surface area contributed by atoms with E-state index in [1.54, 1.807) is 36.4 Å². The molecular formula is C19H11ClN4O4S2. The lowest BCUT2D eigenvalue weighted by molar-refractivity contribution is -0.384. The molecule has 2 aromatic heterocycles. The summed E-state index contributed by atoms with van der Waals surface area (Å²) in [5.74, 6) is -0.431. The Morgan fingerprint density at radius 3 is 2.80 bits per heavy atom. The number of fused-ring (bicyclic) bond motifs is 1. The Bertz CT molecular complexity index is 1300. The molecule has 2 N–H and O–H groups in total. The van der Waals surface area contributed by atoms with Crippen LogP contribution in [0.4, 0.5) is 10.8 Å². The van der Waals surface area contributed by atoms with Crippen LogP contribution < -0.4 is 10.6 Å². The number of thiocarbonyl (C=S) groups is 1. The summed E-state index contributed by atoms with van der Waals surface area (Å²) >= 11 is 12.5. The minimum Gasteiger partial charge on any atom is -0.451 e. The second-order valence-corrected chi connectivity index (χ2v) is 7.85. The van der Waals surface area contributed by atoms with Gasteiger partial charge in [-0.3, -0.25) is 20.2 Å². The number of aromatic nitrogens is 1. The third kappa shape index (κ3) is 4.15. The van der Waals surface area contributed by atoms with E-state index in [1.807, 2.05) is 0 Å². The van der Waals surface area contributed by atoms with Gasteiger partial charge in [-0.2, -0.15) is 0 Å². The smallest absolute Gasteiger partial charge is 0.293 e. The molecule has 0 saturated heterocycles. The maximum atomic E-state index is 12.4. The fourth-order valence-corrected chi connectivity index (χ4v) is 4.09. The first-order chi connectivity index (χ1) is 14.4. The monoisotopic (exact) mass is 458 g/mol. The van der Waals surface area contributed by atoms with Crippen LogP contribution in [-0.4, -0.2) is 20.9 Å². The molecule has 4 rings (SSSR count). The first-order valence-electron chi connectivity index (χ1n) is 8.43. The molecule has 0 fully saturated rings. The van der Waals surface area contributed by atoms with Crippen LogP contribution in [0.25, 0.3) is 21.5 Å². The maximum absolute atomic E-state index is 12.4. The molecule has 0 aliphatic heterocycles. The van der Waals surface area contributed by atoms with E-state index in [0.29, 0.717) is 10.2 Å². The van der Waals surface area contributed by atoms with Crippen LogP contribution in [-0.2, 0) is 0 Å². The number of hydrogen-bond acceptors (Lipinski definition) is 7. The van der Waals surface area contributed by atoms with Crippen LogP contribution >= 0.6 is 35.2 Å². The molecule has 0 bridgehead atoms. The van der Waals surface area contributed by atoms with Crippen LogP contribution in [0.3, 0.4) is 0 Å². The second kappa shape index (κ2) is 8.19. The van der Waals surface area contributed by atoms with Gasteiger partial charge in [-0.15, -0.1) is 0 Å². The van der Waals surface area contributed by atoms with Crippen LogP contribution in [0.15, 0.2) is 59.0 Å².